The van der Waals surface area contributed by atoms with Gasteiger partial charge in [-0.05, 0) is 24.6 Å². The van der Waals surface area contributed by atoms with Gasteiger partial charge in [0.05, 0.1) is 11.5 Å². The van der Waals surface area contributed by atoms with Crippen LogP contribution in [0.1, 0.15) is 18.1 Å². The van der Waals surface area contributed by atoms with E-state index in [1.54, 1.807) is 32.0 Å². The number of likely N-dealkylation sites (N-methyl/N-ethyl adjacent to an activating group) is 1. The van der Waals surface area contributed by atoms with E-state index in [9.17, 15) is 8.42 Å². The molecule has 0 atom stereocenters. The fourth-order valence-electron chi connectivity index (χ4n) is 1.88. The molecule has 1 rings (SSSR count). The Kier molecular flexibility index (Phi) is 6.85. The molecule has 0 aliphatic heterocycles. The van der Waals surface area contributed by atoms with E-state index in [1.807, 2.05) is 0 Å². The average molecular weight is 311 g/mol. The molecule has 1 aromatic carbocycles. The lowest BCUT2D eigenvalue weighted by atomic mass is 10.1. The van der Waals surface area contributed by atoms with Gasteiger partial charge < -0.3 is 9.84 Å². The van der Waals surface area contributed by atoms with Crippen molar-refractivity contribution < 1.29 is 18.3 Å². The number of sulfonamides is 1. The van der Waals surface area contributed by atoms with E-state index >= 15 is 0 Å². The summed E-state index contributed by atoms with van der Waals surface area (Å²) in [5.41, 5.74) is 1.23. The standard InChI is InChI=1S/C15H21NO4S/c1-4-16(9-11-20-3)21(18,19)15-12-14(6-5-10-17)8-7-13(15)2/h7-8,12,17H,4,9-11H2,1-3H3. The molecule has 116 valence electrons. The minimum atomic E-state index is -3.58. The Bertz CT molecular complexity index is 629. The maximum absolute atomic E-state index is 12.7. The summed E-state index contributed by atoms with van der Waals surface area (Å²) in [6.45, 7) is 4.30. The number of aliphatic hydroxyl groups is 1. The maximum atomic E-state index is 12.7. The summed E-state index contributed by atoms with van der Waals surface area (Å²) in [6.07, 6.45) is 0. The van der Waals surface area contributed by atoms with Crippen molar-refractivity contribution in [1.29, 1.82) is 0 Å². The Labute approximate surface area is 126 Å². The van der Waals surface area contributed by atoms with Gasteiger partial charge in [0.1, 0.15) is 6.61 Å². The van der Waals surface area contributed by atoms with Gasteiger partial charge in [-0.2, -0.15) is 4.31 Å². The molecule has 0 spiro atoms. The first-order valence-electron chi connectivity index (χ1n) is 6.66. The van der Waals surface area contributed by atoms with Crippen LogP contribution in [0.3, 0.4) is 0 Å². The summed E-state index contributed by atoms with van der Waals surface area (Å²) in [7, 11) is -2.04. The molecule has 0 amide bonds. The molecule has 0 bridgehead atoms. The van der Waals surface area contributed by atoms with Crippen molar-refractivity contribution in [2.45, 2.75) is 18.7 Å². The van der Waals surface area contributed by atoms with E-state index in [-0.39, 0.29) is 11.5 Å². The SMILES string of the molecule is CCN(CCOC)S(=O)(=O)c1cc(C#CCO)ccc1C. The number of nitrogens with zero attached hydrogens (tertiary/aromatic N) is 1. The Hall–Kier alpha value is -1.39. The fourth-order valence-corrected chi connectivity index (χ4v) is 3.56. The van der Waals surface area contributed by atoms with Gasteiger partial charge >= 0.3 is 0 Å². The summed E-state index contributed by atoms with van der Waals surface area (Å²) >= 11 is 0. The van der Waals surface area contributed by atoms with Crippen LogP contribution in [0, 0.1) is 18.8 Å². The summed E-state index contributed by atoms with van der Waals surface area (Å²) in [4.78, 5) is 0.241. The van der Waals surface area contributed by atoms with Gasteiger partial charge in [-0.1, -0.05) is 24.8 Å². The molecule has 6 heteroatoms. The van der Waals surface area contributed by atoms with Gasteiger partial charge in [0.25, 0.3) is 0 Å². The average Bonchev–Trinajstić information content (AvgIpc) is 2.46. The molecule has 0 saturated carbocycles. The lowest BCUT2D eigenvalue weighted by molar-refractivity contribution is 0.180. The fraction of sp³-hybridized carbons (Fsp3) is 0.467. The molecule has 0 heterocycles. The highest BCUT2D eigenvalue weighted by atomic mass is 32.2. The molecule has 1 aromatic rings. The minimum Gasteiger partial charge on any atom is -0.384 e. The highest BCUT2D eigenvalue weighted by molar-refractivity contribution is 7.89. The molecule has 5 nitrogen and oxygen atoms in total. The monoisotopic (exact) mass is 311 g/mol. The third-order valence-corrected chi connectivity index (χ3v) is 5.13. The van der Waals surface area contributed by atoms with Crippen LogP contribution in [0.25, 0.3) is 0 Å². The first-order chi connectivity index (χ1) is 9.97. The summed E-state index contributed by atoms with van der Waals surface area (Å²) in [5.74, 6) is 5.24. The highest BCUT2D eigenvalue weighted by Crippen LogP contribution is 2.21. The van der Waals surface area contributed by atoms with Crippen molar-refractivity contribution in [2.75, 3.05) is 33.4 Å². The molecule has 0 aliphatic carbocycles. The first kappa shape index (κ1) is 17.7. The van der Waals surface area contributed by atoms with Gasteiger partial charge in [0, 0.05) is 25.8 Å². The molecule has 0 aliphatic rings. The summed E-state index contributed by atoms with van der Waals surface area (Å²) in [6, 6.07) is 5.00. The second kappa shape index (κ2) is 8.15. The van der Waals surface area contributed by atoms with Crippen molar-refractivity contribution in [2.24, 2.45) is 0 Å². The normalized spacial score (nSPS) is 11.3. The quantitative estimate of drug-likeness (QED) is 0.796. The maximum Gasteiger partial charge on any atom is 0.243 e. The lowest BCUT2D eigenvalue weighted by Gasteiger charge is -2.21. The minimum absolute atomic E-state index is 0.241. The number of hydrogen-bond acceptors (Lipinski definition) is 4. The van der Waals surface area contributed by atoms with Crippen molar-refractivity contribution in [3.63, 3.8) is 0 Å². The molecule has 0 unspecified atom stereocenters. The van der Waals surface area contributed by atoms with Gasteiger partial charge in [-0.3, -0.25) is 0 Å². The second-order valence-electron chi connectivity index (χ2n) is 4.43. The van der Waals surface area contributed by atoms with Crippen LogP contribution in [0.5, 0.6) is 0 Å². The number of aryl methyl sites for hydroxylation is 1. The van der Waals surface area contributed by atoms with Crippen LogP contribution in [0.4, 0.5) is 0 Å². The van der Waals surface area contributed by atoms with Gasteiger partial charge in [0.15, 0.2) is 0 Å². The predicted octanol–water partition coefficient (Wildman–Crippen LogP) is 0.996. The third kappa shape index (κ3) is 4.55. The van der Waals surface area contributed by atoms with Crippen LogP contribution in [-0.2, 0) is 14.8 Å². The second-order valence-corrected chi connectivity index (χ2v) is 6.34. The molecule has 0 fully saturated rings. The Morgan fingerprint density at radius 2 is 2.10 bits per heavy atom. The van der Waals surface area contributed by atoms with Crippen molar-refractivity contribution in [1.82, 2.24) is 4.31 Å². The number of aliphatic hydroxyl groups excluding tert-OH is 1. The van der Waals surface area contributed by atoms with Crippen LogP contribution < -0.4 is 0 Å². The molecule has 1 N–H and O–H groups in total. The van der Waals surface area contributed by atoms with E-state index in [2.05, 4.69) is 11.8 Å². The van der Waals surface area contributed by atoms with Crippen LogP contribution >= 0.6 is 0 Å². The molecule has 0 saturated heterocycles. The Morgan fingerprint density at radius 3 is 2.67 bits per heavy atom. The van der Waals surface area contributed by atoms with Gasteiger partial charge in [-0.25, -0.2) is 8.42 Å². The topological polar surface area (TPSA) is 66.8 Å². The van der Waals surface area contributed by atoms with Gasteiger partial charge in [-0.15, -0.1) is 0 Å². The van der Waals surface area contributed by atoms with Crippen molar-refractivity contribution >= 4 is 10.0 Å². The van der Waals surface area contributed by atoms with Crippen LogP contribution in [0.15, 0.2) is 23.1 Å². The number of methoxy groups -OCH3 is 1. The van der Waals surface area contributed by atoms with Crippen molar-refractivity contribution in [3.8, 4) is 11.8 Å². The summed E-state index contributed by atoms with van der Waals surface area (Å²) < 4.78 is 31.7. The largest absolute Gasteiger partial charge is 0.384 e. The number of hydrogen-bond donors (Lipinski definition) is 1. The number of ether oxygens (including phenoxy) is 1. The predicted molar refractivity (Wildman–Crippen MR) is 81.5 cm³/mol. The van der Waals surface area contributed by atoms with Crippen molar-refractivity contribution in [3.05, 3.63) is 29.3 Å². The molecular formula is C15H21NO4S. The molecule has 0 aromatic heterocycles. The smallest absolute Gasteiger partial charge is 0.243 e. The zero-order chi connectivity index (χ0) is 15.9. The Balaban J connectivity index is 3.22. The summed E-state index contributed by atoms with van der Waals surface area (Å²) in [5, 5.41) is 8.72. The zero-order valence-corrected chi connectivity index (χ0v) is 13.4. The van der Waals surface area contributed by atoms with Crippen LogP contribution in [0.2, 0.25) is 0 Å². The number of rotatable bonds is 6. The van der Waals surface area contributed by atoms with Crippen LogP contribution in [-0.4, -0.2) is 51.2 Å². The molecular weight excluding hydrogens is 290 g/mol. The lowest BCUT2D eigenvalue weighted by Crippen LogP contribution is -2.34. The zero-order valence-electron chi connectivity index (χ0n) is 12.6. The highest BCUT2D eigenvalue weighted by Gasteiger charge is 2.24. The molecule has 0 radical (unpaired) electrons. The van der Waals surface area contributed by atoms with Gasteiger partial charge in [0.2, 0.25) is 10.0 Å². The van der Waals surface area contributed by atoms with E-state index < -0.39 is 10.0 Å². The third-order valence-electron chi connectivity index (χ3n) is 3.02. The number of benzene rings is 1. The Morgan fingerprint density at radius 1 is 1.38 bits per heavy atom. The first-order valence-corrected chi connectivity index (χ1v) is 8.10. The van der Waals surface area contributed by atoms with E-state index in [0.29, 0.717) is 30.8 Å². The van der Waals surface area contributed by atoms with E-state index in [4.69, 9.17) is 9.84 Å². The molecule has 21 heavy (non-hydrogen) atoms. The van der Waals surface area contributed by atoms with E-state index in [1.165, 1.54) is 11.4 Å². The van der Waals surface area contributed by atoms with E-state index in [0.717, 1.165) is 0 Å².